The first-order valence-corrected chi connectivity index (χ1v) is 3.82. The molecule has 0 aliphatic heterocycles. The number of hydrogen-bond donors (Lipinski definition) is 6. The molecule has 0 aromatic heterocycles. The molecule has 0 fully saturated rings. The van der Waals surface area contributed by atoms with Crippen molar-refractivity contribution < 1.29 is 29.4 Å². The van der Waals surface area contributed by atoms with Crippen molar-refractivity contribution in [3.63, 3.8) is 0 Å². The van der Waals surface area contributed by atoms with Gasteiger partial charge in [0.25, 0.3) is 13.8 Å². The molecular formula is C2H9N4O5P. The lowest BCUT2D eigenvalue weighted by Gasteiger charge is -2.01. The Morgan fingerprint density at radius 2 is 1.83 bits per heavy atom. The van der Waals surface area contributed by atoms with Crippen molar-refractivity contribution in [2.24, 2.45) is 11.5 Å². The lowest BCUT2D eigenvalue weighted by molar-refractivity contribution is -0.214. The number of nitrogens with one attached hydrogen (secondary N) is 1. The van der Waals surface area contributed by atoms with Crippen molar-refractivity contribution in [3.8, 4) is 0 Å². The van der Waals surface area contributed by atoms with Crippen LogP contribution in [0.2, 0.25) is 0 Å². The monoisotopic (exact) mass is 200 g/mol. The lowest BCUT2D eigenvalue weighted by Crippen LogP contribution is -2.49. The molecule has 12 heavy (non-hydrogen) atoms. The third-order valence-corrected chi connectivity index (χ3v) is 0.228. The van der Waals surface area contributed by atoms with Gasteiger partial charge in [-0.05, 0) is 0 Å². The van der Waals surface area contributed by atoms with Crippen LogP contribution in [0.4, 0.5) is 0 Å². The largest absolute Gasteiger partial charge is 0.756 e. The molecule has 0 saturated carbocycles. The Hall–Kier alpha value is -1.15. The summed E-state index contributed by atoms with van der Waals surface area (Å²) in [5, 5.41) is 11.1. The van der Waals surface area contributed by atoms with Crippen LogP contribution in [0.5, 0.6) is 0 Å². The standard InChI is InChI=1S/C2H6N4O.H3O4P/c3-1(4)7-2(5)6;1-5(2,3)4/h(H3,3,4)(H3,5,6);(H3,1,2,3,4). The number of phosphoric acid groups is 1. The van der Waals surface area contributed by atoms with Gasteiger partial charge in [0.1, 0.15) is 0 Å². The van der Waals surface area contributed by atoms with Crippen molar-refractivity contribution in [1.29, 1.82) is 5.41 Å². The first-order valence-electron chi connectivity index (χ1n) is 2.29. The second kappa shape index (κ2) is 5.49. The highest BCUT2D eigenvalue weighted by Crippen LogP contribution is 2.18. The molecule has 0 heterocycles. The molecule has 0 spiro atoms. The second-order valence-electron chi connectivity index (χ2n) is 1.36. The SMILES string of the molecule is N=C(N)OC(N)=[NH2+].O=P([O-])(O)O. The summed E-state index contributed by atoms with van der Waals surface area (Å²) in [5.74, 6) is 0. The van der Waals surface area contributed by atoms with E-state index >= 15 is 0 Å². The molecule has 0 radical (unpaired) electrons. The summed E-state index contributed by atoms with van der Waals surface area (Å²) in [6.07, 6.45) is 0. The van der Waals surface area contributed by atoms with Crippen molar-refractivity contribution in [3.05, 3.63) is 0 Å². The van der Waals surface area contributed by atoms with E-state index in [1.807, 2.05) is 0 Å². The maximum Gasteiger partial charge on any atom is 0.445 e. The summed E-state index contributed by atoms with van der Waals surface area (Å²) in [5.41, 5.74) is 9.42. The summed E-state index contributed by atoms with van der Waals surface area (Å²) in [7, 11) is -4.89. The van der Waals surface area contributed by atoms with Gasteiger partial charge in [0.15, 0.2) is 0 Å². The van der Waals surface area contributed by atoms with Crippen LogP contribution >= 0.6 is 7.82 Å². The van der Waals surface area contributed by atoms with Crippen LogP contribution in [0.15, 0.2) is 0 Å². The molecule has 0 aliphatic rings. The van der Waals surface area contributed by atoms with Gasteiger partial charge in [0, 0.05) is 0 Å². The Kier molecular flexibility index (Phi) is 6.15. The molecule has 0 amide bonds. The third-order valence-electron chi connectivity index (χ3n) is 0.228. The summed E-state index contributed by atoms with van der Waals surface area (Å²) in [6.45, 7) is 0. The van der Waals surface area contributed by atoms with Gasteiger partial charge in [-0.25, -0.2) is 0 Å². The Labute approximate surface area is 67.2 Å². The number of rotatable bonds is 0. The van der Waals surface area contributed by atoms with Crippen LogP contribution < -0.4 is 21.8 Å². The van der Waals surface area contributed by atoms with Crippen molar-refractivity contribution in [2.45, 2.75) is 0 Å². The molecule has 10 heteroatoms. The number of ether oxygens (including phenoxy) is 1. The molecule has 0 atom stereocenters. The maximum absolute atomic E-state index is 8.77. The van der Waals surface area contributed by atoms with Gasteiger partial charge in [-0.1, -0.05) is 0 Å². The number of hydrogen-bond acceptors (Lipinski definition) is 4. The van der Waals surface area contributed by atoms with Gasteiger partial charge in [0.2, 0.25) is 0 Å². The van der Waals surface area contributed by atoms with Crippen LogP contribution in [0.1, 0.15) is 0 Å². The van der Waals surface area contributed by atoms with E-state index in [0.717, 1.165) is 0 Å². The molecule has 0 aliphatic carbocycles. The molecule has 0 unspecified atom stereocenters. The molecule has 0 aromatic carbocycles. The van der Waals surface area contributed by atoms with Crippen molar-refractivity contribution >= 4 is 19.9 Å². The summed E-state index contributed by atoms with van der Waals surface area (Å²) in [6, 6.07) is -0.812. The zero-order valence-corrected chi connectivity index (χ0v) is 6.69. The van der Waals surface area contributed by atoms with Crippen molar-refractivity contribution in [1.82, 2.24) is 0 Å². The quantitative estimate of drug-likeness (QED) is 0.128. The lowest BCUT2D eigenvalue weighted by atomic mass is 11.1. The fraction of sp³-hybridized carbons (Fsp3) is 0. The van der Waals surface area contributed by atoms with Crippen LogP contribution in [0.25, 0.3) is 0 Å². The van der Waals surface area contributed by atoms with Gasteiger partial charge >= 0.3 is 6.02 Å². The average Bonchev–Trinajstić information content (AvgIpc) is 1.52. The second-order valence-corrected chi connectivity index (χ2v) is 2.34. The highest BCUT2D eigenvalue weighted by molar-refractivity contribution is 7.43. The van der Waals surface area contributed by atoms with E-state index in [-0.39, 0.29) is 6.02 Å². The summed E-state index contributed by atoms with van der Waals surface area (Å²) >= 11 is 0. The fourth-order valence-electron chi connectivity index (χ4n) is 0.127. The van der Waals surface area contributed by atoms with E-state index < -0.39 is 13.8 Å². The van der Waals surface area contributed by atoms with E-state index in [2.05, 4.69) is 10.5 Å². The van der Waals surface area contributed by atoms with E-state index in [9.17, 15) is 0 Å². The van der Waals surface area contributed by atoms with Gasteiger partial charge in [0.05, 0.1) is 0 Å². The number of amidine groups is 2. The third kappa shape index (κ3) is 67.1. The smallest absolute Gasteiger partial charge is 0.445 e. The summed E-state index contributed by atoms with van der Waals surface area (Å²) in [4.78, 5) is 22.9. The molecule has 0 saturated heterocycles. The van der Waals surface area contributed by atoms with Gasteiger partial charge in [-0.2, -0.15) is 0 Å². The van der Waals surface area contributed by atoms with Gasteiger partial charge < -0.3 is 25.2 Å². The number of nitrogens with two attached hydrogens (primary N) is 3. The van der Waals surface area contributed by atoms with Crippen LogP contribution in [0, 0.1) is 5.41 Å². The topological polar surface area (TPSA) is 191 Å². The fourth-order valence-corrected chi connectivity index (χ4v) is 0.127. The van der Waals surface area contributed by atoms with E-state index in [0.29, 0.717) is 0 Å². The minimum Gasteiger partial charge on any atom is -0.756 e. The van der Waals surface area contributed by atoms with Crippen molar-refractivity contribution in [2.75, 3.05) is 0 Å². The van der Waals surface area contributed by atoms with E-state index in [1.54, 1.807) is 0 Å². The Bertz CT molecular complexity index is 189. The van der Waals surface area contributed by atoms with E-state index in [4.69, 9.17) is 35.8 Å². The van der Waals surface area contributed by atoms with E-state index in [1.165, 1.54) is 0 Å². The first-order chi connectivity index (χ1) is 5.13. The van der Waals surface area contributed by atoms with Gasteiger partial charge in [-0.15, -0.1) is 0 Å². The minimum absolute atomic E-state index is 0.312. The summed E-state index contributed by atoms with van der Waals surface area (Å²) < 4.78 is 12.9. The zero-order valence-electron chi connectivity index (χ0n) is 5.80. The predicted octanol–water partition coefficient (Wildman–Crippen LogP) is -4.59. The van der Waals surface area contributed by atoms with Gasteiger partial charge in [-0.3, -0.25) is 21.1 Å². The highest BCUT2D eigenvalue weighted by Gasteiger charge is 1.93. The Balaban J connectivity index is 0. The molecule has 0 aromatic rings. The van der Waals surface area contributed by atoms with Crippen LogP contribution in [-0.2, 0) is 9.30 Å². The highest BCUT2D eigenvalue weighted by atomic mass is 31.2. The van der Waals surface area contributed by atoms with Crippen LogP contribution in [-0.4, -0.2) is 21.8 Å². The maximum atomic E-state index is 8.77. The molecule has 72 valence electrons. The predicted molar refractivity (Wildman–Crippen MR) is 36.2 cm³/mol. The first kappa shape index (κ1) is 13.4. The zero-order chi connectivity index (χ0) is 10.4. The molecule has 0 rings (SSSR count). The molecular weight excluding hydrogens is 191 g/mol. The average molecular weight is 200 g/mol. The normalized spacial score (nSPS) is 9.25. The Morgan fingerprint density at radius 1 is 1.58 bits per heavy atom. The van der Waals surface area contributed by atoms with Crippen LogP contribution in [0.3, 0.4) is 0 Å². The molecule has 0 bridgehead atoms. The minimum atomic E-state index is -4.89. The molecule has 9 N–H and O–H groups in total. The molecule has 9 nitrogen and oxygen atoms in total. The Morgan fingerprint density at radius 3 is 1.83 bits per heavy atom.